The number of hydrogen-bond acceptors (Lipinski definition) is 2. The van der Waals surface area contributed by atoms with Gasteiger partial charge in [0.2, 0.25) is 0 Å². The van der Waals surface area contributed by atoms with Gasteiger partial charge in [-0.3, -0.25) is 4.99 Å². The lowest BCUT2D eigenvalue weighted by Gasteiger charge is -2.21. The van der Waals surface area contributed by atoms with Crippen molar-refractivity contribution in [1.29, 1.82) is 0 Å². The van der Waals surface area contributed by atoms with E-state index < -0.39 is 0 Å². The summed E-state index contributed by atoms with van der Waals surface area (Å²) in [6, 6.07) is 9.97. The van der Waals surface area contributed by atoms with Crippen LogP contribution in [0.4, 0.5) is 0 Å². The second-order valence-electron chi connectivity index (χ2n) is 5.10. The molecule has 1 saturated carbocycles. The van der Waals surface area contributed by atoms with Crippen LogP contribution in [0.3, 0.4) is 0 Å². The summed E-state index contributed by atoms with van der Waals surface area (Å²) in [5.74, 6) is 0.440. The molecule has 4 heteroatoms. The smallest absolute Gasteiger partial charge is 0.189 e. The number of nitrogens with two attached hydrogens (primary N) is 1. The SMILES string of the molecule is NC(=NC1CCCCC1)NC(CO)c1ccccc1. The van der Waals surface area contributed by atoms with Crippen LogP contribution in [0.15, 0.2) is 35.3 Å². The van der Waals surface area contributed by atoms with Crippen LogP contribution in [0, 0.1) is 0 Å². The second-order valence-corrected chi connectivity index (χ2v) is 5.10. The van der Waals surface area contributed by atoms with E-state index in [1.54, 1.807) is 0 Å². The molecule has 0 aromatic heterocycles. The summed E-state index contributed by atoms with van der Waals surface area (Å²) in [6.07, 6.45) is 6.03. The van der Waals surface area contributed by atoms with Gasteiger partial charge in [-0.25, -0.2) is 0 Å². The van der Waals surface area contributed by atoms with Gasteiger partial charge in [0.15, 0.2) is 5.96 Å². The van der Waals surface area contributed by atoms with Crippen molar-refractivity contribution in [1.82, 2.24) is 5.32 Å². The Morgan fingerprint density at radius 3 is 2.58 bits per heavy atom. The Hall–Kier alpha value is -1.55. The number of hydrogen-bond donors (Lipinski definition) is 3. The third kappa shape index (κ3) is 4.24. The van der Waals surface area contributed by atoms with Crippen LogP contribution < -0.4 is 11.1 Å². The van der Waals surface area contributed by atoms with Crippen LogP contribution in [-0.2, 0) is 0 Å². The zero-order valence-corrected chi connectivity index (χ0v) is 11.3. The molecule has 0 bridgehead atoms. The molecule has 19 heavy (non-hydrogen) atoms. The number of aliphatic imine (C=N–C) groups is 1. The second kappa shape index (κ2) is 7.14. The minimum Gasteiger partial charge on any atom is -0.394 e. The van der Waals surface area contributed by atoms with E-state index in [9.17, 15) is 5.11 Å². The van der Waals surface area contributed by atoms with Gasteiger partial charge in [-0.2, -0.15) is 0 Å². The highest BCUT2D eigenvalue weighted by Crippen LogP contribution is 2.20. The van der Waals surface area contributed by atoms with Crippen molar-refractivity contribution < 1.29 is 5.11 Å². The molecule has 1 fully saturated rings. The Bertz CT molecular complexity index is 399. The molecule has 0 radical (unpaired) electrons. The van der Waals surface area contributed by atoms with Gasteiger partial charge >= 0.3 is 0 Å². The van der Waals surface area contributed by atoms with Gasteiger partial charge in [-0.05, 0) is 18.4 Å². The first-order valence-corrected chi connectivity index (χ1v) is 7.05. The van der Waals surface area contributed by atoms with Crippen molar-refractivity contribution in [3.63, 3.8) is 0 Å². The Kier molecular flexibility index (Phi) is 5.21. The minimum absolute atomic E-state index is 0.00486. The number of guanidine groups is 1. The molecule has 4 nitrogen and oxygen atoms in total. The van der Waals surface area contributed by atoms with E-state index in [1.165, 1.54) is 19.3 Å². The van der Waals surface area contributed by atoms with Crippen LogP contribution in [0.1, 0.15) is 43.7 Å². The van der Waals surface area contributed by atoms with Gasteiger partial charge < -0.3 is 16.2 Å². The summed E-state index contributed by atoms with van der Waals surface area (Å²) in [4.78, 5) is 4.52. The average molecular weight is 261 g/mol. The molecule has 4 N–H and O–H groups in total. The van der Waals surface area contributed by atoms with Gasteiger partial charge in [-0.15, -0.1) is 0 Å². The Morgan fingerprint density at radius 2 is 1.95 bits per heavy atom. The van der Waals surface area contributed by atoms with Crippen LogP contribution in [0.25, 0.3) is 0 Å². The van der Waals surface area contributed by atoms with E-state index >= 15 is 0 Å². The summed E-state index contributed by atoms with van der Waals surface area (Å²) in [6.45, 7) is 0.00486. The predicted molar refractivity (Wildman–Crippen MR) is 77.9 cm³/mol. The van der Waals surface area contributed by atoms with Crippen molar-refractivity contribution in [3.05, 3.63) is 35.9 Å². The van der Waals surface area contributed by atoms with Crippen LogP contribution in [0.5, 0.6) is 0 Å². The maximum atomic E-state index is 9.46. The molecule has 104 valence electrons. The normalized spacial score (nSPS) is 19.1. The fourth-order valence-electron chi connectivity index (χ4n) is 2.54. The highest BCUT2D eigenvalue weighted by molar-refractivity contribution is 5.78. The quantitative estimate of drug-likeness (QED) is 0.573. The molecule has 2 rings (SSSR count). The Labute approximate surface area is 114 Å². The third-order valence-corrected chi connectivity index (χ3v) is 3.60. The largest absolute Gasteiger partial charge is 0.394 e. The molecule has 1 aromatic carbocycles. The number of benzene rings is 1. The highest BCUT2D eigenvalue weighted by Gasteiger charge is 2.14. The van der Waals surface area contributed by atoms with Gasteiger partial charge in [0.25, 0.3) is 0 Å². The lowest BCUT2D eigenvalue weighted by atomic mass is 9.96. The lowest BCUT2D eigenvalue weighted by Crippen LogP contribution is -2.37. The number of nitrogens with one attached hydrogen (secondary N) is 1. The first-order chi connectivity index (χ1) is 9.29. The average Bonchev–Trinajstić information content (AvgIpc) is 2.47. The number of aliphatic hydroxyl groups is 1. The van der Waals surface area contributed by atoms with E-state index in [1.807, 2.05) is 30.3 Å². The fraction of sp³-hybridized carbons (Fsp3) is 0.533. The maximum Gasteiger partial charge on any atom is 0.189 e. The third-order valence-electron chi connectivity index (χ3n) is 3.60. The van der Waals surface area contributed by atoms with Crippen LogP contribution in [-0.4, -0.2) is 23.7 Å². The van der Waals surface area contributed by atoms with Gasteiger partial charge in [0.1, 0.15) is 0 Å². The number of rotatable bonds is 4. The maximum absolute atomic E-state index is 9.46. The summed E-state index contributed by atoms with van der Waals surface area (Å²) in [5.41, 5.74) is 6.97. The number of nitrogens with zero attached hydrogens (tertiary/aromatic N) is 1. The fourth-order valence-corrected chi connectivity index (χ4v) is 2.54. The van der Waals surface area contributed by atoms with Crippen molar-refractivity contribution in [2.45, 2.75) is 44.2 Å². The van der Waals surface area contributed by atoms with Crippen LogP contribution >= 0.6 is 0 Å². The first kappa shape index (κ1) is 13.9. The topological polar surface area (TPSA) is 70.6 Å². The van der Waals surface area contributed by atoms with E-state index in [2.05, 4.69) is 10.3 Å². The minimum atomic E-state index is -0.187. The van der Waals surface area contributed by atoms with E-state index in [0.29, 0.717) is 12.0 Å². The van der Waals surface area contributed by atoms with E-state index in [4.69, 9.17) is 5.73 Å². The molecule has 0 spiro atoms. The van der Waals surface area contributed by atoms with Gasteiger partial charge in [0.05, 0.1) is 18.7 Å². The summed E-state index contributed by atoms with van der Waals surface area (Å²) >= 11 is 0. The lowest BCUT2D eigenvalue weighted by molar-refractivity contribution is 0.257. The summed E-state index contributed by atoms with van der Waals surface area (Å²) < 4.78 is 0. The zero-order valence-electron chi connectivity index (χ0n) is 11.3. The summed E-state index contributed by atoms with van der Waals surface area (Å²) in [5, 5.41) is 12.6. The van der Waals surface area contributed by atoms with Crippen molar-refractivity contribution in [2.24, 2.45) is 10.7 Å². The Morgan fingerprint density at radius 1 is 1.26 bits per heavy atom. The molecular weight excluding hydrogens is 238 g/mol. The number of aliphatic hydroxyl groups excluding tert-OH is 1. The molecule has 0 saturated heterocycles. The van der Waals surface area contributed by atoms with Crippen molar-refractivity contribution >= 4 is 5.96 Å². The van der Waals surface area contributed by atoms with Gasteiger partial charge in [0, 0.05) is 0 Å². The highest BCUT2D eigenvalue weighted by atomic mass is 16.3. The molecule has 0 heterocycles. The molecule has 1 aliphatic rings. The summed E-state index contributed by atoms with van der Waals surface area (Å²) in [7, 11) is 0. The van der Waals surface area contributed by atoms with Crippen molar-refractivity contribution in [3.8, 4) is 0 Å². The van der Waals surface area contributed by atoms with E-state index in [0.717, 1.165) is 18.4 Å². The zero-order chi connectivity index (χ0) is 13.5. The first-order valence-electron chi connectivity index (χ1n) is 7.05. The molecule has 1 aliphatic carbocycles. The molecule has 0 aliphatic heterocycles. The van der Waals surface area contributed by atoms with Crippen molar-refractivity contribution in [2.75, 3.05) is 6.61 Å². The monoisotopic (exact) mass is 261 g/mol. The van der Waals surface area contributed by atoms with Gasteiger partial charge in [-0.1, -0.05) is 49.6 Å². The molecular formula is C15H23N3O. The van der Waals surface area contributed by atoms with E-state index in [-0.39, 0.29) is 12.6 Å². The predicted octanol–water partition coefficient (Wildman–Crippen LogP) is 1.96. The molecule has 0 amide bonds. The standard InChI is InChI=1S/C15H23N3O/c16-15(17-13-9-5-2-6-10-13)18-14(11-19)12-7-3-1-4-8-12/h1,3-4,7-8,13-14,19H,2,5-6,9-11H2,(H3,16,17,18). The van der Waals surface area contributed by atoms with Crippen LogP contribution in [0.2, 0.25) is 0 Å². The molecule has 1 atom stereocenters. The molecule has 1 unspecified atom stereocenters. The molecule has 1 aromatic rings. The Balaban J connectivity index is 1.95.